The van der Waals surface area contributed by atoms with Crippen LogP contribution in [0.25, 0.3) is 0 Å². The quantitative estimate of drug-likeness (QED) is 0.714. The second-order valence-corrected chi connectivity index (χ2v) is 4.12. The lowest BCUT2D eigenvalue weighted by Crippen LogP contribution is -2.29. The van der Waals surface area contributed by atoms with Crippen LogP contribution in [0.4, 0.5) is 0 Å². The van der Waals surface area contributed by atoms with Gasteiger partial charge in [0.25, 0.3) is 0 Å². The Bertz CT molecular complexity index is 352. The van der Waals surface area contributed by atoms with Crippen LogP contribution < -0.4 is 5.32 Å². The maximum absolute atomic E-state index is 9.70. The zero-order chi connectivity index (χ0) is 12.7. The standard InChI is InChI=1S/C14H21NO2/c1-4-9-17-11(2)10-15-12(3)13-7-5-6-8-14(13)16/h4-8,11-12,15-16H,1,9-10H2,2-3H3. The van der Waals surface area contributed by atoms with Gasteiger partial charge in [-0.05, 0) is 19.9 Å². The number of nitrogens with one attached hydrogen (secondary N) is 1. The number of rotatable bonds is 7. The highest BCUT2D eigenvalue weighted by Gasteiger charge is 2.10. The fourth-order valence-corrected chi connectivity index (χ4v) is 1.60. The molecule has 2 N–H and O–H groups in total. The Labute approximate surface area is 103 Å². The third-order valence-electron chi connectivity index (χ3n) is 2.61. The lowest BCUT2D eigenvalue weighted by molar-refractivity contribution is 0.0859. The molecule has 0 saturated carbocycles. The van der Waals surface area contributed by atoms with Crippen LogP contribution in [-0.2, 0) is 4.74 Å². The van der Waals surface area contributed by atoms with Crippen molar-refractivity contribution >= 4 is 0 Å². The molecule has 3 heteroatoms. The minimum atomic E-state index is 0.103. The van der Waals surface area contributed by atoms with Gasteiger partial charge in [-0.1, -0.05) is 24.3 Å². The predicted octanol–water partition coefficient (Wildman–Crippen LogP) is 2.63. The van der Waals surface area contributed by atoms with Crippen LogP contribution in [0.3, 0.4) is 0 Å². The predicted molar refractivity (Wildman–Crippen MR) is 70.1 cm³/mol. The van der Waals surface area contributed by atoms with E-state index >= 15 is 0 Å². The lowest BCUT2D eigenvalue weighted by Gasteiger charge is -2.18. The second-order valence-electron chi connectivity index (χ2n) is 4.12. The topological polar surface area (TPSA) is 41.5 Å². The molecule has 0 aromatic heterocycles. The first kappa shape index (κ1) is 13.7. The molecule has 1 aromatic rings. The van der Waals surface area contributed by atoms with Crippen molar-refractivity contribution in [2.75, 3.05) is 13.2 Å². The third kappa shape index (κ3) is 4.59. The number of benzene rings is 1. The van der Waals surface area contributed by atoms with E-state index in [2.05, 4.69) is 11.9 Å². The summed E-state index contributed by atoms with van der Waals surface area (Å²) in [4.78, 5) is 0. The van der Waals surface area contributed by atoms with Gasteiger partial charge in [0.2, 0.25) is 0 Å². The second kappa shape index (κ2) is 7.09. The van der Waals surface area contributed by atoms with E-state index in [1.165, 1.54) is 0 Å². The van der Waals surface area contributed by atoms with Gasteiger partial charge >= 0.3 is 0 Å². The van der Waals surface area contributed by atoms with Crippen molar-refractivity contribution in [2.24, 2.45) is 0 Å². The average Bonchev–Trinajstić information content (AvgIpc) is 2.34. The van der Waals surface area contributed by atoms with Crippen LogP contribution in [0.15, 0.2) is 36.9 Å². The molecule has 0 aliphatic heterocycles. The molecule has 3 nitrogen and oxygen atoms in total. The zero-order valence-electron chi connectivity index (χ0n) is 10.5. The molecule has 1 rings (SSSR count). The number of aromatic hydroxyl groups is 1. The van der Waals surface area contributed by atoms with Gasteiger partial charge in [0.1, 0.15) is 5.75 Å². The summed E-state index contributed by atoms with van der Waals surface area (Å²) in [6.45, 7) is 8.94. The third-order valence-corrected chi connectivity index (χ3v) is 2.61. The summed E-state index contributed by atoms with van der Waals surface area (Å²) in [5, 5.41) is 13.0. The van der Waals surface area contributed by atoms with Gasteiger partial charge in [-0.2, -0.15) is 0 Å². The molecular weight excluding hydrogens is 214 g/mol. The van der Waals surface area contributed by atoms with Gasteiger partial charge in [0, 0.05) is 18.2 Å². The first-order valence-corrected chi connectivity index (χ1v) is 5.89. The van der Waals surface area contributed by atoms with Gasteiger partial charge in [0.15, 0.2) is 0 Å². The van der Waals surface area contributed by atoms with E-state index in [-0.39, 0.29) is 12.1 Å². The highest BCUT2D eigenvalue weighted by Crippen LogP contribution is 2.22. The van der Waals surface area contributed by atoms with Crippen molar-refractivity contribution < 1.29 is 9.84 Å². The van der Waals surface area contributed by atoms with Crippen molar-refractivity contribution in [1.82, 2.24) is 5.32 Å². The molecule has 0 radical (unpaired) electrons. The van der Waals surface area contributed by atoms with Crippen LogP contribution in [0.1, 0.15) is 25.5 Å². The molecule has 1 aromatic carbocycles. The van der Waals surface area contributed by atoms with Crippen molar-refractivity contribution in [2.45, 2.75) is 26.0 Å². The van der Waals surface area contributed by atoms with E-state index in [4.69, 9.17) is 4.74 Å². The molecule has 17 heavy (non-hydrogen) atoms. The highest BCUT2D eigenvalue weighted by atomic mass is 16.5. The van der Waals surface area contributed by atoms with Crippen molar-refractivity contribution in [3.63, 3.8) is 0 Å². The minimum Gasteiger partial charge on any atom is -0.508 e. The number of ether oxygens (including phenoxy) is 1. The first-order chi connectivity index (χ1) is 8.15. The van der Waals surface area contributed by atoms with Crippen LogP contribution in [0.2, 0.25) is 0 Å². The highest BCUT2D eigenvalue weighted by molar-refractivity contribution is 5.34. The lowest BCUT2D eigenvalue weighted by atomic mass is 10.1. The van der Waals surface area contributed by atoms with Gasteiger partial charge in [-0.25, -0.2) is 0 Å². The summed E-state index contributed by atoms with van der Waals surface area (Å²) >= 11 is 0. The van der Waals surface area contributed by atoms with E-state index in [0.29, 0.717) is 12.4 Å². The molecule has 0 heterocycles. The Morgan fingerprint density at radius 1 is 1.41 bits per heavy atom. The monoisotopic (exact) mass is 235 g/mol. The van der Waals surface area contributed by atoms with Crippen LogP contribution >= 0.6 is 0 Å². The molecule has 0 aliphatic rings. The maximum Gasteiger partial charge on any atom is 0.120 e. The SMILES string of the molecule is C=CCOC(C)CNC(C)c1ccccc1O. The van der Waals surface area contributed by atoms with E-state index in [1.807, 2.05) is 32.0 Å². The van der Waals surface area contributed by atoms with E-state index < -0.39 is 0 Å². The minimum absolute atomic E-state index is 0.103. The molecule has 0 aliphatic carbocycles. The Morgan fingerprint density at radius 3 is 2.76 bits per heavy atom. The molecular formula is C14H21NO2. The summed E-state index contributed by atoms with van der Waals surface area (Å²) in [6.07, 6.45) is 1.87. The Kier molecular flexibility index (Phi) is 5.73. The molecule has 0 saturated heterocycles. The molecule has 94 valence electrons. The summed E-state index contributed by atoms with van der Waals surface area (Å²) < 4.78 is 5.46. The van der Waals surface area contributed by atoms with Gasteiger partial charge in [-0.15, -0.1) is 6.58 Å². The van der Waals surface area contributed by atoms with Crippen molar-refractivity contribution in [1.29, 1.82) is 0 Å². The largest absolute Gasteiger partial charge is 0.508 e. The van der Waals surface area contributed by atoms with Crippen LogP contribution in [-0.4, -0.2) is 24.4 Å². The number of hydrogen-bond acceptors (Lipinski definition) is 3. The number of phenolic OH excluding ortho intramolecular Hbond substituents is 1. The normalized spacial score (nSPS) is 14.2. The van der Waals surface area contributed by atoms with Crippen LogP contribution in [0, 0.1) is 0 Å². The van der Waals surface area contributed by atoms with Gasteiger partial charge < -0.3 is 15.2 Å². The Hall–Kier alpha value is -1.32. The molecule has 0 spiro atoms. The Balaban J connectivity index is 2.42. The first-order valence-electron chi connectivity index (χ1n) is 5.89. The molecule has 0 fully saturated rings. The Morgan fingerprint density at radius 2 is 2.12 bits per heavy atom. The number of para-hydroxylation sites is 1. The number of phenols is 1. The molecule has 0 bridgehead atoms. The molecule has 0 amide bonds. The van der Waals surface area contributed by atoms with E-state index in [9.17, 15) is 5.11 Å². The van der Waals surface area contributed by atoms with Crippen molar-refractivity contribution in [3.8, 4) is 5.75 Å². The summed E-state index contributed by atoms with van der Waals surface area (Å²) in [5.41, 5.74) is 0.906. The summed E-state index contributed by atoms with van der Waals surface area (Å²) in [7, 11) is 0. The van der Waals surface area contributed by atoms with Crippen LogP contribution in [0.5, 0.6) is 5.75 Å². The fourth-order valence-electron chi connectivity index (χ4n) is 1.60. The zero-order valence-corrected chi connectivity index (χ0v) is 10.5. The molecule has 2 atom stereocenters. The summed E-state index contributed by atoms with van der Waals surface area (Å²) in [6, 6.07) is 7.46. The van der Waals surface area contributed by atoms with Gasteiger partial charge in [-0.3, -0.25) is 0 Å². The molecule has 2 unspecified atom stereocenters. The van der Waals surface area contributed by atoms with Gasteiger partial charge in [0.05, 0.1) is 12.7 Å². The summed E-state index contributed by atoms with van der Waals surface area (Å²) in [5.74, 6) is 0.326. The van der Waals surface area contributed by atoms with E-state index in [1.54, 1.807) is 12.1 Å². The average molecular weight is 235 g/mol. The van der Waals surface area contributed by atoms with E-state index in [0.717, 1.165) is 12.1 Å². The maximum atomic E-state index is 9.70. The van der Waals surface area contributed by atoms with Crippen molar-refractivity contribution in [3.05, 3.63) is 42.5 Å². The fraction of sp³-hybridized carbons (Fsp3) is 0.429. The smallest absolute Gasteiger partial charge is 0.120 e. The number of hydrogen-bond donors (Lipinski definition) is 2.